The second-order valence-corrected chi connectivity index (χ2v) is 5.11. The van der Waals surface area contributed by atoms with Crippen LogP contribution < -0.4 is 16.0 Å². The molecule has 1 aliphatic rings. The maximum Gasteiger partial charge on any atom is 0.241 e. The summed E-state index contributed by atoms with van der Waals surface area (Å²) < 4.78 is 5.73. The first-order chi connectivity index (χ1) is 8.36. The first-order valence-electron chi connectivity index (χ1n) is 5.71. The highest BCUT2D eigenvalue weighted by Gasteiger charge is 2.21. The predicted octanol–water partition coefficient (Wildman–Crippen LogP) is 2.16. The van der Waals surface area contributed by atoms with Gasteiger partial charge in [-0.1, -0.05) is 12.8 Å². The number of thiophene rings is 1. The van der Waals surface area contributed by atoms with Gasteiger partial charge in [-0.25, -0.2) is 10.8 Å². The SMILES string of the molecule is NNc1nc(OCCC2CC2)c2ccsc2n1. The summed E-state index contributed by atoms with van der Waals surface area (Å²) in [4.78, 5) is 9.40. The van der Waals surface area contributed by atoms with Crippen molar-refractivity contribution >= 4 is 27.5 Å². The molecule has 3 N–H and O–H groups in total. The highest BCUT2D eigenvalue weighted by Crippen LogP contribution is 2.33. The molecule has 6 heteroatoms. The van der Waals surface area contributed by atoms with Crippen LogP contribution in [-0.4, -0.2) is 16.6 Å². The van der Waals surface area contributed by atoms with E-state index >= 15 is 0 Å². The summed E-state index contributed by atoms with van der Waals surface area (Å²) in [7, 11) is 0. The van der Waals surface area contributed by atoms with Crippen molar-refractivity contribution < 1.29 is 4.74 Å². The van der Waals surface area contributed by atoms with Crippen molar-refractivity contribution in [2.45, 2.75) is 19.3 Å². The number of nitrogen functional groups attached to an aromatic ring is 1. The molecule has 0 bridgehead atoms. The Kier molecular flexibility index (Phi) is 2.82. The number of hydrogen-bond acceptors (Lipinski definition) is 6. The van der Waals surface area contributed by atoms with Crippen LogP contribution in [0.25, 0.3) is 10.2 Å². The maximum absolute atomic E-state index is 5.73. The lowest BCUT2D eigenvalue weighted by molar-refractivity contribution is 0.295. The van der Waals surface area contributed by atoms with E-state index in [9.17, 15) is 0 Å². The largest absolute Gasteiger partial charge is 0.477 e. The monoisotopic (exact) mass is 250 g/mol. The van der Waals surface area contributed by atoms with Crippen LogP contribution in [0.1, 0.15) is 19.3 Å². The molecule has 2 aromatic heterocycles. The molecule has 1 aliphatic carbocycles. The molecule has 5 nitrogen and oxygen atoms in total. The van der Waals surface area contributed by atoms with Crippen LogP contribution in [0.3, 0.4) is 0 Å². The number of fused-ring (bicyclic) bond motifs is 1. The van der Waals surface area contributed by atoms with Crippen molar-refractivity contribution in [3.63, 3.8) is 0 Å². The lowest BCUT2D eigenvalue weighted by Gasteiger charge is -2.07. The first kappa shape index (κ1) is 10.7. The van der Waals surface area contributed by atoms with Crippen LogP contribution >= 0.6 is 11.3 Å². The van der Waals surface area contributed by atoms with E-state index in [1.165, 1.54) is 12.8 Å². The quantitative estimate of drug-likeness (QED) is 0.628. The number of aromatic nitrogens is 2. The molecule has 90 valence electrons. The summed E-state index contributed by atoms with van der Waals surface area (Å²) in [6.45, 7) is 0.719. The van der Waals surface area contributed by atoms with E-state index < -0.39 is 0 Å². The molecule has 3 rings (SSSR count). The van der Waals surface area contributed by atoms with Crippen LogP contribution in [0.15, 0.2) is 11.4 Å². The van der Waals surface area contributed by atoms with Crippen molar-refractivity contribution in [3.05, 3.63) is 11.4 Å². The van der Waals surface area contributed by atoms with E-state index in [1.807, 2.05) is 11.4 Å². The van der Waals surface area contributed by atoms with Crippen LogP contribution in [-0.2, 0) is 0 Å². The van der Waals surface area contributed by atoms with Gasteiger partial charge in [-0.05, 0) is 23.8 Å². The van der Waals surface area contributed by atoms with Crippen molar-refractivity contribution in [3.8, 4) is 5.88 Å². The fourth-order valence-electron chi connectivity index (χ4n) is 1.73. The van der Waals surface area contributed by atoms with Crippen molar-refractivity contribution in [1.29, 1.82) is 0 Å². The summed E-state index contributed by atoms with van der Waals surface area (Å²) in [5.41, 5.74) is 2.47. The van der Waals surface area contributed by atoms with Gasteiger partial charge < -0.3 is 4.74 Å². The fraction of sp³-hybridized carbons (Fsp3) is 0.455. The number of nitrogens with two attached hydrogens (primary N) is 1. The van der Waals surface area contributed by atoms with E-state index in [0.717, 1.165) is 29.2 Å². The highest BCUT2D eigenvalue weighted by molar-refractivity contribution is 7.16. The highest BCUT2D eigenvalue weighted by atomic mass is 32.1. The zero-order valence-electron chi connectivity index (χ0n) is 9.35. The molecule has 0 atom stereocenters. The number of ether oxygens (including phenoxy) is 1. The summed E-state index contributed by atoms with van der Waals surface area (Å²) in [6, 6.07) is 1.98. The number of nitrogens with one attached hydrogen (secondary N) is 1. The topological polar surface area (TPSA) is 73.1 Å². The van der Waals surface area contributed by atoms with Crippen LogP contribution in [0.4, 0.5) is 5.95 Å². The Morgan fingerprint density at radius 3 is 3.12 bits per heavy atom. The van der Waals surface area contributed by atoms with Crippen LogP contribution in [0, 0.1) is 5.92 Å². The second-order valence-electron chi connectivity index (χ2n) is 4.22. The molecular formula is C11H14N4OS. The van der Waals surface area contributed by atoms with Gasteiger partial charge in [-0.2, -0.15) is 4.98 Å². The predicted molar refractivity (Wildman–Crippen MR) is 68.1 cm³/mol. The molecule has 0 unspecified atom stereocenters. The standard InChI is InChI=1S/C11H14N4OS/c12-15-11-13-9(16-5-3-7-1-2-7)8-4-6-17-10(8)14-11/h4,6-7H,1-3,5,12H2,(H,13,14,15). The summed E-state index contributed by atoms with van der Waals surface area (Å²) >= 11 is 1.56. The van der Waals surface area contributed by atoms with E-state index in [0.29, 0.717) is 11.8 Å². The van der Waals surface area contributed by atoms with Gasteiger partial charge in [0.2, 0.25) is 11.8 Å². The van der Waals surface area contributed by atoms with E-state index in [4.69, 9.17) is 10.6 Å². The van der Waals surface area contributed by atoms with Gasteiger partial charge in [0.1, 0.15) is 4.83 Å². The van der Waals surface area contributed by atoms with Gasteiger partial charge in [-0.3, -0.25) is 5.43 Å². The molecule has 1 fully saturated rings. The summed E-state index contributed by atoms with van der Waals surface area (Å²) in [6.07, 6.45) is 3.80. The zero-order valence-corrected chi connectivity index (χ0v) is 10.2. The smallest absolute Gasteiger partial charge is 0.241 e. The minimum absolute atomic E-state index is 0.404. The molecule has 2 aromatic rings. The third-order valence-electron chi connectivity index (χ3n) is 2.88. The molecule has 17 heavy (non-hydrogen) atoms. The minimum atomic E-state index is 0.404. The third-order valence-corrected chi connectivity index (χ3v) is 3.69. The van der Waals surface area contributed by atoms with Crippen molar-refractivity contribution in [2.24, 2.45) is 11.8 Å². The summed E-state index contributed by atoms with van der Waals surface area (Å²) in [5.74, 6) is 7.24. The molecular weight excluding hydrogens is 236 g/mol. The number of hydrogen-bond donors (Lipinski definition) is 2. The maximum atomic E-state index is 5.73. The average Bonchev–Trinajstić information content (AvgIpc) is 3.04. The van der Waals surface area contributed by atoms with Crippen LogP contribution in [0.5, 0.6) is 5.88 Å². The van der Waals surface area contributed by atoms with Crippen molar-refractivity contribution in [1.82, 2.24) is 9.97 Å². The Bertz CT molecular complexity index is 523. The van der Waals surface area contributed by atoms with Crippen LogP contribution in [0.2, 0.25) is 0 Å². The molecule has 0 amide bonds. The zero-order chi connectivity index (χ0) is 11.7. The Hall–Kier alpha value is -1.40. The molecule has 1 saturated carbocycles. The second kappa shape index (κ2) is 4.46. The Balaban J connectivity index is 1.81. The fourth-order valence-corrected chi connectivity index (χ4v) is 2.49. The van der Waals surface area contributed by atoms with Gasteiger partial charge in [0.05, 0.1) is 12.0 Å². The number of rotatable bonds is 5. The van der Waals surface area contributed by atoms with E-state index in [1.54, 1.807) is 11.3 Å². The Labute approximate surface area is 103 Å². The van der Waals surface area contributed by atoms with Gasteiger partial charge in [0, 0.05) is 0 Å². The number of hydrazine groups is 1. The number of anilines is 1. The van der Waals surface area contributed by atoms with Gasteiger partial charge >= 0.3 is 0 Å². The third kappa shape index (κ3) is 2.32. The molecule has 0 radical (unpaired) electrons. The normalized spacial score (nSPS) is 15.1. The number of nitrogens with zero attached hydrogens (tertiary/aromatic N) is 2. The molecule has 0 aliphatic heterocycles. The molecule has 2 heterocycles. The minimum Gasteiger partial charge on any atom is -0.477 e. The average molecular weight is 250 g/mol. The summed E-state index contributed by atoms with van der Waals surface area (Å²) in [5, 5.41) is 2.94. The molecule has 0 spiro atoms. The van der Waals surface area contributed by atoms with Gasteiger partial charge in [0.25, 0.3) is 0 Å². The van der Waals surface area contributed by atoms with E-state index in [-0.39, 0.29) is 0 Å². The first-order valence-corrected chi connectivity index (χ1v) is 6.59. The molecule has 0 aromatic carbocycles. The van der Waals surface area contributed by atoms with Crippen molar-refractivity contribution in [2.75, 3.05) is 12.0 Å². The van der Waals surface area contributed by atoms with Gasteiger partial charge in [0.15, 0.2) is 0 Å². The lowest BCUT2D eigenvalue weighted by Crippen LogP contribution is -2.11. The Morgan fingerprint density at radius 2 is 2.35 bits per heavy atom. The Morgan fingerprint density at radius 1 is 1.47 bits per heavy atom. The lowest BCUT2D eigenvalue weighted by atomic mass is 10.3. The van der Waals surface area contributed by atoms with Gasteiger partial charge in [-0.15, -0.1) is 11.3 Å². The van der Waals surface area contributed by atoms with E-state index in [2.05, 4.69) is 15.4 Å². The molecule has 0 saturated heterocycles.